The molecule has 1 aromatic heterocycles. The molecule has 6 rings (SSSR count). The van der Waals surface area contributed by atoms with Crippen LogP contribution in [0.15, 0.2) is 146 Å². The molecule has 1 atom stereocenters. The Balaban J connectivity index is 1.64. The normalized spacial score (nSPS) is 11.9. The molecule has 1 heterocycles. The summed E-state index contributed by atoms with van der Waals surface area (Å²) in [5.41, 5.74) is 6.37. The van der Waals surface area contributed by atoms with Crippen molar-refractivity contribution in [2.75, 3.05) is 0 Å². The first-order valence-electron chi connectivity index (χ1n) is 12.2. The minimum Gasteiger partial charge on any atom is -0.170 e. The lowest BCUT2D eigenvalue weighted by atomic mass is 9.98. The smallest absolute Gasteiger partial charge is 0.170 e. The van der Waals surface area contributed by atoms with Gasteiger partial charge in [-0.15, -0.1) is 0 Å². The molecule has 0 saturated heterocycles. The van der Waals surface area contributed by atoms with Crippen molar-refractivity contribution in [2.24, 2.45) is 0 Å². The fourth-order valence-electron chi connectivity index (χ4n) is 4.81. The third-order valence-electron chi connectivity index (χ3n) is 6.63. The average molecular weight is 467 g/mol. The fourth-order valence-corrected chi connectivity index (χ4v) is 4.81. The molecule has 0 N–H and O–H groups in total. The van der Waals surface area contributed by atoms with Gasteiger partial charge in [0.25, 0.3) is 0 Å². The van der Waals surface area contributed by atoms with Crippen LogP contribution < -0.4 is 4.57 Å². The van der Waals surface area contributed by atoms with Gasteiger partial charge in [0.1, 0.15) is 0 Å². The topological polar surface area (TPSA) is 3.88 Å². The number of rotatable bonds is 5. The first-order valence-corrected chi connectivity index (χ1v) is 12.2. The maximum Gasteiger partial charge on any atom is 0.326 e. The summed E-state index contributed by atoms with van der Waals surface area (Å²) in [7, 11) is 0. The molecular formula is C34H25FN+. The van der Waals surface area contributed by atoms with Crippen LogP contribution in [-0.2, 0) is 0 Å². The number of benzene rings is 5. The van der Waals surface area contributed by atoms with E-state index in [1.807, 2.05) is 120 Å². The Morgan fingerprint density at radius 3 is 1.44 bits per heavy atom. The lowest BCUT2D eigenvalue weighted by molar-refractivity contribution is -0.717. The molecule has 0 bridgehead atoms. The summed E-state index contributed by atoms with van der Waals surface area (Å²) in [6.45, 7) is 0. The molecule has 6 aromatic rings. The minimum absolute atomic E-state index is 0.625. The van der Waals surface area contributed by atoms with Crippen molar-refractivity contribution in [3.8, 4) is 33.6 Å². The largest absolute Gasteiger partial charge is 0.326 e. The Hall–Kier alpha value is -4.56. The summed E-state index contributed by atoms with van der Waals surface area (Å²) in [6, 6.07) is 48.6. The van der Waals surface area contributed by atoms with E-state index in [0.29, 0.717) is 5.56 Å². The van der Waals surface area contributed by atoms with Gasteiger partial charge in [0.15, 0.2) is 0 Å². The Morgan fingerprint density at radius 2 is 0.889 bits per heavy atom. The first kappa shape index (κ1) is 21.9. The Kier molecular flexibility index (Phi) is 5.85. The molecule has 5 aromatic carbocycles. The molecule has 0 radical (unpaired) electrons. The van der Waals surface area contributed by atoms with E-state index in [2.05, 4.69) is 30.3 Å². The number of hydrogen-bond acceptors (Lipinski definition) is 0. The predicted octanol–water partition coefficient (Wildman–Crippen LogP) is 8.64. The van der Waals surface area contributed by atoms with Crippen LogP contribution in [-0.4, -0.2) is 0 Å². The van der Waals surface area contributed by atoms with E-state index in [1.165, 1.54) is 0 Å². The highest BCUT2D eigenvalue weighted by Gasteiger charge is 2.31. The Morgan fingerprint density at radius 1 is 0.417 bits per heavy atom. The van der Waals surface area contributed by atoms with Crippen molar-refractivity contribution in [3.05, 3.63) is 151 Å². The maximum absolute atomic E-state index is 16.8. The van der Waals surface area contributed by atoms with E-state index in [-0.39, 0.29) is 0 Å². The van der Waals surface area contributed by atoms with Gasteiger partial charge >= 0.3 is 6.30 Å². The monoisotopic (exact) mass is 466 g/mol. The number of aromatic nitrogens is 1. The Labute approximate surface area is 210 Å². The standard InChI is InChI=1S/C34H25FN/c35-34(30-21-20-26-14-10-11-19-29(26)22-30)36-32(27-15-6-2-7-16-27)23-31(25-12-4-1-5-13-25)24-33(36)28-17-8-3-9-18-28/h1-24,34H/q+1/t34-/m0/s1. The van der Waals surface area contributed by atoms with Gasteiger partial charge in [-0.05, 0) is 58.3 Å². The molecule has 0 aliphatic heterocycles. The SMILES string of the molecule is F[C@H](c1ccc2ccccc2c1)[n+]1c(-c2ccccc2)cc(-c2ccccc2)cc1-c1ccccc1. The zero-order valence-electron chi connectivity index (χ0n) is 19.8. The average Bonchev–Trinajstić information content (AvgIpc) is 2.97. The van der Waals surface area contributed by atoms with Crippen LogP contribution in [0.2, 0.25) is 0 Å². The number of halogens is 1. The summed E-state index contributed by atoms with van der Waals surface area (Å²) in [5.74, 6) is 0. The third-order valence-corrected chi connectivity index (χ3v) is 6.63. The van der Waals surface area contributed by atoms with Gasteiger partial charge in [-0.2, -0.15) is 8.96 Å². The van der Waals surface area contributed by atoms with E-state index < -0.39 is 6.30 Å². The van der Waals surface area contributed by atoms with Gasteiger partial charge in [0, 0.05) is 23.3 Å². The lowest BCUT2D eigenvalue weighted by Gasteiger charge is -2.16. The van der Waals surface area contributed by atoms with E-state index in [4.69, 9.17) is 0 Å². The summed E-state index contributed by atoms with van der Waals surface area (Å²) in [6.07, 6.45) is -1.37. The number of pyridine rings is 1. The van der Waals surface area contributed by atoms with Crippen LogP contribution in [0.25, 0.3) is 44.4 Å². The second-order valence-corrected chi connectivity index (χ2v) is 8.92. The van der Waals surface area contributed by atoms with E-state index >= 15 is 4.39 Å². The maximum atomic E-state index is 16.8. The molecule has 0 fully saturated rings. The molecule has 0 spiro atoms. The van der Waals surface area contributed by atoms with Crippen molar-refractivity contribution >= 4 is 10.8 Å². The molecule has 0 saturated carbocycles. The van der Waals surface area contributed by atoms with Crippen molar-refractivity contribution in [1.29, 1.82) is 0 Å². The third kappa shape index (κ3) is 4.18. The molecule has 172 valence electrons. The second kappa shape index (κ2) is 9.59. The molecular weight excluding hydrogens is 441 g/mol. The van der Waals surface area contributed by atoms with Crippen molar-refractivity contribution in [1.82, 2.24) is 0 Å². The van der Waals surface area contributed by atoms with E-state index in [1.54, 1.807) is 0 Å². The molecule has 0 amide bonds. The number of fused-ring (bicyclic) bond motifs is 1. The van der Waals surface area contributed by atoms with Crippen molar-refractivity contribution in [3.63, 3.8) is 0 Å². The second-order valence-electron chi connectivity index (χ2n) is 8.92. The molecule has 36 heavy (non-hydrogen) atoms. The summed E-state index contributed by atoms with van der Waals surface area (Å²) in [4.78, 5) is 0. The summed E-state index contributed by atoms with van der Waals surface area (Å²) in [5, 5.41) is 2.13. The fraction of sp³-hybridized carbons (Fsp3) is 0.0294. The predicted molar refractivity (Wildman–Crippen MR) is 146 cm³/mol. The molecule has 0 aliphatic rings. The van der Waals surface area contributed by atoms with Gasteiger partial charge in [0.05, 0.1) is 5.56 Å². The van der Waals surface area contributed by atoms with Crippen LogP contribution in [0.4, 0.5) is 4.39 Å². The van der Waals surface area contributed by atoms with Gasteiger partial charge in [-0.3, -0.25) is 0 Å². The first-order chi connectivity index (χ1) is 17.8. The zero-order chi connectivity index (χ0) is 24.3. The van der Waals surface area contributed by atoms with E-state index in [9.17, 15) is 0 Å². The Bertz CT molecular complexity index is 1570. The summed E-state index contributed by atoms with van der Waals surface area (Å²) >= 11 is 0. The van der Waals surface area contributed by atoms with Crippen molar-refractivity contribution in [2.45, 2.75) is 6.30 Å². The van der Waals surface area contributed by atoms with E-state index in [0.717, 1.165) is 44.4 Å². The van der Waals surface area contributed by atoms with Gasteiger partial charge in [-0.25, -0.2) is 0 Å². The highest BCUT2D eigenvalue weighted by molar-refractivity contribution is 5.83. The number of hydrogen-bond donors (Lipinski definition) is 0. The van der Waals surface area contributed by atoms with Crippen LogP contribution in [0.3, 0.4) is 0 Å². The van der Waals surface area contributed by atoms with Crippen molar-refractivity contribution < 1.29 is 8.96 Å². The van der Waals surface area contributed by atoms with Gasteiger partial charge < -0.3 is 0 Å². The molecule has 1 nitrogen and oxygen atoms in total. The quantitative estimate of drug-likeness (QED) is 0.224. The number of nitrogens with zero attached hydrogens (tertiary/aromatic N) is 1. The molecule has 0 aliphatic carbocycles. The zero-order valence-corrected chi connectivity index (χ0v) is 19.8. The highest BCUT2D eigenvalue weighted by atomic mass is 19.1. The molecule has 2 heteroatoms. The highest BCUT2D eigenvalue weighted by Crippen LogP contribution is 2.32. The molecule has 0 unspecified atom stereocenters. The van der Waals surface area contributed by atoms with Gasteiger partial charge in [-0.1, -0.05) is 97.1 Å². The van der Waals surface area contributed by atoms with Gasteiger partial charge in [0.2, 0.25) is 11.4 Å². The number of alkyl halides is 1. The minimum atomic E-state index is -1.37. The summed E-state index contributed by atoms with van der Waals surface area (Å²) < 4.78 is 18.6. The van der Waals surface area contributed by atoms with Crippen LogP contribution >= 0.6 is 0 Å². The van der Waals surface area contributed by atoms with Crippen LogP contribution in [0, 0.1) is 0 Å². The van der Waals surface area contributed by atoms with Crippen LogP contribution in [0.1, 0.15) is 11.9 Å². The lowest BCUT2D eigenvalue weighted by Crippen LogP contribution is -2.42. The van der Waals surface area contributed by atoms with Crippen LogP contribution in [0.5, 0.6) is 0 Å².